The van der Waals surface area contributed by atoms with Crippen LogP contribution in [0, 0.1) is 11.3 Å². The van der Waals surface area contributed by atoms with Gasteiger partial charge in [0.05, 0.1) is 6.61 Å². The van der Waals surface area contributed by atoms with Crippen molar-refractivity contribution in [3.63, 3.8) is 0 Å². The van der Waals surface area contributed by atoms with E-state index in [1.54, 1.807) is 0 Å². The lowest BCUT2D eigenvalue weighted by atomic mass is 9.74. The molecule has 4 rings (SSSR count). The highest BCUT2D eigenvalue weighted by Gasteiger charge is 2.61. The van der Waals surface area contributed by atoms with Gasteiger partial charge in [-0.1, -0.05) is 30.3 Å². The standard InChI is InChI=1S/C16H20N2O/c17-16(18-8-9-19-16)15-7-6-13(10-15)14(11-15)12-4-2-1-3-5-12/h1-5,8,13-14H,6-7,9-11,17H2. The molecule has 3 nitrogen and oxygen atoms in total. The van der Waals surface area contributed by atoms with Crippen molar-refractivity contribution in [2.75, 3.05) is 6.61 Å². The van der Waals surface area contributed by atoms with Gasteiger partial charge in [-0.2, -0.15) is 0 Å². The average Bonchev–Trinajstić information content (AvgIpc) is 3.15. The van der Waals surface area contributed by atoms with Crippen LogP contribution in [-0.4, -0.2) is 18.7 Å². The van der Waals surface area contributed by atoms with Crippen LogP contribution >= 0.6 is 0 Å². The highest BCUT2D eigenvalue weighted by Crippen LogP contribution is 2.64. The number of nitrogens with two attached hydrogens (primary N) is 1. The highest BCUT2D eigenvalue weighted by molar-refractivity contribution is 5.61. The van der Waals surface area contributed by atoms with E-state index in [9.17, 15) is 0 Å². The van der Waals surface area contributed by atoms with Crippen LogP contribution in [0.2, 0.25) is 0 Å². The molecule has 2 fully saturated rings. The molecule has 100 valence electrons. The topological polar surface area (TPSA) is 47.6 Å². The van der Waals surface area contributed by atoms with Gasteiger partial charge in [0, 0.05) is 11.6 Å². The number of nitrogens with zero attached hydrogens (tertiary/aromatic N) is 1. The molecule has 4 atom stereocenters. The van der Waals surface area contributed by atoms with Gasteiger partial charge >= 0.3 is 0 Å². The van der Waals surface area contributed by atoms with Crippen LogP contribution in [0.5, 0.6) is 0 Å². The Morgan fingerprint density at radius 2 is 2.05 bits per heavy atom. The molecule has 4 unspecified atom stereocenters. The molecule has 0 spiro atoms. The zero-order valence-electron chi connectivity index (χ0n) is 11.1. The predicted octanol–water partition coefficient (Wildman–Crippen LogP) is 2.67. The summed E-state index contributed by atoms with van der Waals surface area (Å²) in [5.41, 5.74) is 7.98. The van der Waals surface area contributed by atoms with Gasteiger partial charge in [-0.3, -0.25) is 5.73 Å². The normalized spacial score (nSPS) is 44.1. The van der Waals surface area contributed by atoms with Crippen LogP contribution in [0.4, 0.5) is 0 Å². The molecule has 1 heterocycles. The van der Waals surface area contributed by atoms with Gasteiger partial charge in [0.25, 0.3) is 0 Å². The summed E-state index contributed by atoms with van der Waals surface area (Å²) in [6.45, 7) is 0.568. The summed E-state index contributed by atoms with van der Waals surface area (Å²) in [4.78, 5) is 4.48. The van der Waals surface area contributed by atoms with E-state index in [2.05, 4.69) is 35.3 Å². The van der Waals surface area contributed by atoms with Gasteiger partial charge in [-0.05, 0) is 43.1 Å². The van der Waals surface area contributed by atoms with E-state index < -0.39 is 5.85 Å². The van der Waals surface area contributed by atoms with Crippen LogP contribution < -0.4 is 5.73 Å². The van der Waals surface area contributed by atoms with Crippen LogP contribution in [-0.2, 0) is 4.74 Å². The summed E-state index contributed by atoms with van der Waals surface area (Å²) < 4.78 is 5.79. The minimum absolute atomic E-state index is 0.0607. The fourth-order valence-corrected chi connectivity index (χ4v) is 4.51. The maximum atomic E-state index is 6.46. The van der Waals surface area contributed by atoms with E-state index in [4.69, 9.17) is 10.5 Å². The molecule has 3 heteroatoms. The number of aliphatic imine (C=N–C) groups is 1. The third-order valence-electron chi connectivity index (χ3n) is 5.47. The van der Waals surface area contributed by atoms with Gasteiger partial charge in [-0.15, -0.1) is 0 Å². The van der Waals surface area contributed by atoms with Crippen molar-refractivity contribution < 1.29 is 4.74 Å². The molecule has 19 heavy (non-hydrogen) atoms. The molecule has 2 N–H and O–H groups in total. The first-order valence-electron chi connectivity index (χ1n) is 7.24. The van der Waals surface area contributed by atoms with Crippen molar-refractivity contribution in [1.82, 2.24) is 0 Å². The molecule has 0 aromatic heterocycles. The molecular formula is C16H20N2O. The summed E-state index contributed by atoms with van der Waals surface area (Å²) in [5.74, 6) is 0.627. The van der Waals surface area contributed by atoms with Crippen molar-refractivity contribution in [2.24, 2.45) is 22.1 Å². The third-order valence-corrected chi connectivity index (χ3v) is 5.47. The maximum absolute atomic E-state index is 6.46. The smallest absolute Gasteiger partial charge is 0.218 e. The SMILES string of the molecule is NC1(C23CCC(C2)C(c2ccccc2)C3)N=CCO1. The first-order valence-corrected chi connectivity index (χ1v) is 7.24. The molecule has 0 saturated heterocycles. The van der Waals surface area contributed by atoms with Gasteiger partial charge in [0.15, 0.2) is 0 Å². The zero-order valence-corrected chi connectivity index (χ0v) is 11.1. The van der Waals surface area contributed by atoms with Crippen molar-refractivity contribution in [2.45, 2.75) is 37.5 Å². The van der Waals surface area contributed by atoms with Gasteiger partial charge in [0.2, 0.25) is 5.85 Å². The second-order valence-electron chi connectivity index (χ2n) is 6.32. The highest BCUT2D eigenvalue weighted by atomic mass is 16.5. The maximum Gasteiger partial charge on any atom is 0.218 e. The van der Waals surface area contributed by atoms with Crippen molar-refractivity contribution in [3.05, 3.63) is 35.9 Å². The molecule has 2 bridgehead atoms. The minimum atomic E-state index is -0.759. The second kappa shape index (κ2) is 3.90. The van der Waals surface area contributed by atoms with Gasteiger partial charge in [-0.25, -0.2) is 4.99 Å². The van der Waals surface area contributed by atoms with Crippen molar-refractivity contribution >= 4 is 6.21 Å². The quantitative estimate of drug-likeness (QED) is 0.884. The minimum Gasteiger partial charge on any atom is -0.335 e. The third kappa shape index (κ3) is 1.55. The number of hydrogen-bond donors (Lipinski definition) is 1. The summed E-state index contributed by atoms with van der Waals surface area (Å²) >= 11 is 0. The van der Waals surface area contributed by atoms with Gasteiger partial charge in [0.1, 0.15) is 0 Å². The fourth-order valence-electron chi connectivity index (χ4n) is 4.51. The van der Waals surface area contributed by atoms with Crippen LogP contribution in [0.25, 0.3) is 0 Å². The predicted molar refractivity (Wildman–Crippen MR) is 74.9 cm³/mol. The fraction of sp³-hybridized carbons (Fsp3) is 0.562. The molecule has 2 aliphatic carbocycles. The van der Waals surface area contributed by atoms with Crippen LogP contribution in [0.15, 0.2) is 35.3 Å². The Bertz CT molecular complexity index is 515. The number of ether oxygens (including phenoxy) is 1. The van der Waals surface area contributed by atoms with E-state index in [0.29, 0.717) is 12.5 Å². The zero-order chi connectivity index (χ0) is 12.9. The van der Waals surface area contributed by atoms with Crippen LogP contribution in [0.1, 0.15) is 37.2 Å². The lowest BCUT2D eigenvalue weighted by Gasteiger charge is -2.40. The molecular weight excluding hydrogens is 236 g/mol. The van der Waals surface area contributed by atoms with E-state index in [0.717, 1.165) is 18.8 Å². The van der Waals surface area contributed by atoms with E-state index in [1.165, 1.54) is 18.4 Å². The van der Waals surface area contributed by atoms with Crippen molar-refractivity contribution in [3.8, 4) is 0 Å². The lowest BCUT2D eigenvalue weighted by molar-refractivity contribution is -0.0982. The number of benzene rings is 1. The summed E-state index contributed by atoms with van der Waals surface area (Å²) in [7, 11) is 0. The number of hydrogen-bond acceptors (Lipinski definition) is 3. The van der Waals surface area contributed by atoms with E-state index in [1.807, 2.05) is 6.21 Å². The number of fused-ring (bicyclic) bond motifs is 2. The largest absolute Gasteiger partial charge is 0.335 e. The summed E-state index contributed by atoms with van der Waals surface area (Å²) in [5, 5.41) is 0. The molecule has 1 aromatic rings. The van der Waals surface area contributed by atoms with Gasteiger partial charge < -0.3 is 4.74 Å². The lowest BCUT2D eigenvalue weighted by Crippen LogP contribution is -2.52. The Balaban J connectivity index is 1.66. The molecule has 1 aromatic carbocycles. The molecule has 1 aliphatic heterocycles. The summed E-state index contributed by atoms with van der Waals surface area (Å²) in [6.07, 6.45) is 6.54. The average molecular weight is 256 g/mol. The summed E-state index contributed by atoms with van der Waals surface area (Å²) in [6, 6.07) is 10.9. The monoisotopic (exact) mass is 256 g/mol. The van der Waals surface area contributed by atoms with E-state index >= 15 is 0 Å². The Kier molecular flexibility index (Phi) is 2.39. The molecule has 2 saturated carbocycles. The van der Waals surface area contributed by atoms with Crippen molar-refractivity contribution in [1.29, 1.82) is 0 Å². The van der Waals surface area contributed by atoms with Crippen LogP contribution in [0.3, 0.4) is 0 Å². The Morgan fingerprint density at radius 1 is 1.21 bits per heavy atom. The Hall–Kier alpha value is -1.19. The first-order chi connectivity index (χ1) is 9.23. The number of rotatable bonds is 2. The second-order valence-corrected chi connectivity index (χ2v) is 6.32. The Labute approximate surface area is 113 Å². The molecule has 3 aliphatic rings. The Morgan fingerprint density at radius 3 is 2.79 bits per heavy atom. The molecule has 0 amide bonds. The van der Waals surface area contributed by atoms with E-state index in [-0.39, 0.29) is 5.41 Å². The first kappa shape index (κ1) is 11.6. The molecule has 0 radical (unpaired) electrons.